The smallest absolute Gasteiger partial charge is 0.163 e. The average molecular weight is 250 g/mol. The summed E-state index contributed by atoms with van der Waals surface area (Å²) in [7, 11) is 2.08. The van der Waals surface area contributed by atoms with Crippen molar-refractivity contribution in [2.24, 2.45) is 5.73 Å². The molecule has 4 heteroatoms. The fourth-order valence-electron chi connectivity index (χ4n) is 2.06. The fraction of sp³-hybridized carbons (Fsp3) is 0.571. The monoisotopic (exact) mass is 250 g/mol. The van der Waals surface area contributed by atoms with Crippen molar-refractivity contribution < 1.29 is 9.47 Å². The number of ether oxygens (including phenoxy) is 2. The maximum absolute atomic E-state index is 5.70. The van der Waals surface area contributed by atoms with Crippen LogP contribution in [-0.4, -0.2) is 32.8 Å². The molecule has 1 aromatic rings. The van der Waals surface area contributed by atoms with Crippen LogP contribution in [0.5, 0.6) is 11.5 Å². The Labute approximate surface area is 109 Å². The van der Waals surface area contributed by atoms with Gasteiger partial charge in [0.15, 0.2) is 11.5 Å². The first-order valence-corrected chi connectivity index (χ1v) is 6.55. The van der Waals surface area contributed by atoms with Crippen LogP contribution in [0.25, 0.3) is 0 Å². The Morgan fingerprint density at radius 1 is 1.28 bits per heavy atom. The standard InChI is InChI=1S/C14H22N2O2/c1-11(6-7-15)16(2)12-4-5-13-14(10-12)18-9-3-8-17-13/h4-5,10-11H,3,6-9,15H2,1-2H3. The van der Waals surface area contributed by atoms with Gasteiger partial charge in [-0.1, -0.05) is 0 Å². The second-order valence-corrected chi connectivity index (χ2v) is 4.72. The number of rotatable bonds is 4. The van der Waals surface area contributed by atoms with E-state index in [4.69, 9.17) is 15.2 Å². The van der Waals surface area contributed by atoms with Crippen molar-refractivity contribution in [2.75, 3.05) is 31.7 Å². The minimum absolute atomic E-state index is 0.416. The largest absolute Gasteiger partial charge is 0.490 e. The molecule has 4 nitrogen and oxygen atoms in total. The van der Waals surface area contributed by atoms with Crippen LogP contribution in [-0.2, 0) is 0 Å². The molecule has 1 unspecified atom stereocenters. The lowest BCUT2D eigenvalue weighted by Gasteiger charge is -2.27. The van der Waals surface area contributed by atoms with E-state index in [9.17, 15) is 0 Å². The molecule has 2 rings (SSSR count). The predicted molar refractivity (Wildman–Crippen MR) is 73.6 cm³/mol. The molecule has 1 aliphatic rings. The zero-order valence-electron chi connectivity index (χ0n) is 11.2. The molecule has 0 saturated carbocycles. The molecule has 0 saturated heterocycles. The van der Waals surface area contributed by atoms with Gasteiger partial charge in [-0.25, -0.2) is 0 Å². The Morgan fingerprint density at radius 2 is 2.00 bits per heavy atom. The van der Waals surface area contributed by atoms with Gasteiger partial charge in [0, 0.05) is 31.3 Å². The molecular weight excluding hydrogens is 228 g/mol. The average Bonchev–Trinajstić information content (AvgIpc) is 2.62. The topological polar surface area (TPSA) is 47.7 Å². The van der Waals surface area contributed by atoms with Crippen LogP contribution < -0.4 is 20.1 Å². The van der Waals surface area contributed by atoms with Gasteiger partial charge in [-0.2, -0.15) is 0 Å². The van der Waals surface area contributed by atoms with Crippen molar-refractivity contribution >= 4 is 5.69 Å². The van der Waals surface area contributed by atoms with Crippen molar-refractivity contribution in [1.29, 1.82) is 0 Å². The van der Waals surface area contributed by atoms with Crippen molar-refractivity contribution in [2.45, 2.75) is 25.8 Å². The zero-order chi connectivity index (χ0) is 13.0. The molecule has 1 atom stereocenters. The maximum Gasteiger partial charge on any atom is 0.163 e. The minimum atomic E-state index is 0.416. The lowest BCUT2D eigenvalue weighted by atomic mass is 10.2. The van der Waals surface area contributed by atoms with Crippen molar-refractivity contribution in [1.82, 2.24) is 0 Å². The van der Waals surface area contributed by atoms with Crippen LogP contribution in [0, 0.1) is 0 Å². The maximum atomic E-state index is 5.70. The van der Waals surface area contributed by atoms with E-state index in [-0.39, 0.29) is 0 Å². The second kappa shape index (κ2) is 5.96. The molecule has 100 valence electrons. The van der Waals surface area contributed by atoms with E-state index in [1.807, 2.05) is 12.1 Å². The summed E-state index contributed by atoms with van der Waals surface area (Å²) < 4.78 is 11.3. The number of nitrogens with zero attached hydrogens (tertiary/aromatic N) is 1. The number of nitrogens with two attached hydrogens (primary N) is 1. The van der Waals surface area contributed by atoms with Crippen LogP contribution >= 0.6 is 0 Å². The summed E-state index contributed by atoms with van der Waals surface area (Å²) in [6.07, 6.45) is 1.91. The number of fused-ring (bicyclic) bond motifs is 1. The molecule has 0 aromatic heterocycles. The molecule has 0 radical (unpaired) electrons. The number of anilines is 1. The van der Waals surface area contributed by atoms with Crippen LogP contribution in [0.2, 0.25) is 0 Å². The van der Waals surface area contributed by atoms with Crippen LogP contribution in [0.3, 0.4) is 0 Å². The Morgan fingerprint density at radius 3 is 2.72 bits per heavy atom. The third-order valence-corrected chi connectivity index (χ3v) is 3.38. The Bertz CT molecular complexity index is 395. The first kappa shape index (κ1) is 13.0. The number of benzene rings is 1. The lowest BCUT2D eigenvalue weighted by molar-refractivity contribution is 0.297. The van der Waals surface area contributed by atoms with E-state index in [0.717, 1.165) is 43.2 Å². The molecule has 2 N–H and O–H groups in total. The first-order valence-electron chi connectivity index (χ1n) is 6.55. The van der Waals surface area contributed by atoms with E-state index in [2.05, 4.69) is 24.9 Å². The van der Waals surface area contributed by atoms with E-state index in [1.165, 1.54) is 0 Å². The summed E-state index contributed by atoms with van der Waals surface area (Å²) in [4.78, 5) is 2.22. The van der Waals surface area contributed by atoms with Gasteiger partial charge in [0.2, 0.25) is 0 Å². The SMILES string of the molecule is CC(CCN)N(C)c1ccc2c(c1)OCCCO2. The normalized spacial score (nSPS) is 15.9. The van der Waals surface area contributed by atoms with Gasteiger partial charge >= 0.3 is 0 Å². The molecule has 0 aliphatic carbocycles. The Kier molecular flexibility index (Phi) is 4.31. The van der Waals surface area contributed by atoms with E-state index in [0.29, 0.717) is 12.6 Å². The van der Waals surface area contributed by atoms with E-state index in [1.54, 1.807) is 0 Å². The van der Waals surface area contributed by atoms with Crippen molar-refractivity contribution in [3.63, 3.8) is 0 Å². The molecule has 0 fully saturated rings. The highest BCUT2D eigenvalue weighted by Crippen LogP contribution is 2.33. The van der Waals surface area contributed by atoms with Gasteiger partial charge in [0.25, 0.3) is 0 Å². The van der Waals surface area contributed by atoms with Gasteiger partial charge in [0.05, 0.1) is 13.2 Å². The molecule has 1 heterocycles. The summed E-state index contributed by atoms with van der Waals surface area (Å²) in [5.74, 6) is 1.69. The van der Waals surface area contributed by atoms with Crippen molar-refractivity contribution in [3.8, 4) is 11.5 Å². The first-order chi connectivity index (χ1) is 8.72. The lowest BCUT2D eigenvalue weighted by Crippen LogP contribution is -2.30. The highest BCUT2D eigenvalue weighted by Gasteiger charge is 2.14. The number of hydrogen-bond donors (Lipinski definition) is 1. The van der Waals surface area contributed by atoms with Crippen molar-refractivity contribution in [3.05, 3.63) is 18.2 Å². The summed E-state index contributed by atoms with van der Waals surface area (Å²) in [6.45, 7) is 4.33. The third-order valence-electron chi connectivity index (χ3n) is 3.38. The number of hydrogen-bond acceptors (Lipinski definition) is 4. The minimum Gasteiger partial charge on any atom is -0.490 e. The van der Waals surface area contributed by atoms with Crippen LogP contribution in [0.4, 0.5) is 5.69 Å². The zero-order valence-corrected chi connectivity index (χ0v) is 11.2. The van der Waals surface area contributed by atoms with Gasteiger partial charge in [-0.05, 0) is 32.0 Å². The van der Waals surface area contributed by atoms with E-state index >= 15 is 0 Å². The quantitative estimate of drug-likeness (QED) is 0.888. The Balaban J connectivity index is 2.17. The summed E-state index contributed by atoms with van der Waals surface area (Å²) in [5, 5.41) is 0. The van der Waals surface area contributed by atoms with Gasteiger partial charge in [-0.3, -0.25) is 0 Å². The molecule has 18 heavy (non-hydrogen) atoms. The molecule has 0 bridgehead atoms. The van der Waals surface area contributed by atoms with Crippen LogP contribution in [0.1, 0.15) is 19.8 Å². The fourth-order valence-corrected chi connectivity index (χ4v) is 2.06. The highest BCUT2D eigenvalue weighted by molar-refractivity contribution is 5.56. The second-order valence-electron chi connectivity index (χ2n) is 4.72. The summed E-state index contributed by atoms with van der Waals surface area (Å²) in [5.41, 5.74) is 6.74. The van der Waals surface area contributed by atoms with E-state index < -0.39 is 0 Å². The predicted octanol–water partition coefficient (Wildman–Crippen LogP) is 2.02. The highest BCUT2D eigenvalue weighted by atomic mass is 16.5. The summed E-state index contributed by atoms with van der Waals surface area (Å²) in [6, 6.07) is 6.52. The van der Waals surface area contributed by atoms with Gasteiger partial charge < -0.3 is 20.1 Å². The molecule has 0 spiro atoms. The molecule has 1 aromatic carbocycles. The summed E-state index contributed by atoms with van der Waals surface area (Å²) >= 11 is 0. The van der Waals surface area contributed by atoms with Gasteiger partial charge in [-0.15, -0.1) is 0 Å². The van der Waals surface area contributed by atoms with Crippen LogP contribution in [0.15, 0.2) is 18.2 Å². The Hall–Kier alpha value is -1.42. The molecule has 1 aliphatic heterocycles. The van der Waals surface area contributed by atoms with Gasteiger partial charge in [0.1, 0.15) is 0 Å². The third kappa shape index (κ3) is 2.88. The molecule has 0 amide bonds. The molecular formula is C14H22N2O2.